The van der Waals surface area contributed by atoms with Crippen LogP contribution in [0.25, 0.3) is 0 Å². The molecule has 4 rings (SSSR count). The van der Waals surface area contributed by atoms with Crippen LogP contribution < -0.4 is 9.62 Å². The van der Waals surface area contributed by atoms with E-state index >= 15 is 0 Å². The highest BCUT2D eigenvalue weighted by atomic mass is 35.5. The zero-order valence-corrected chi connectivity index (χ0v) is 24.6. The predicted molar refractivity (Wildman–Crippen MR) is 160 cm³/mol. The molecular formula is C31H35ClFN3O4S. The minimum atomic E-state index is -3.87. The largest absolute Gasteiger partial charge is 0.352 e. The quantitative estimate of drug-likeness (QED) is 0.323. The fraction of sp³-hybridized carbons (Fsp3) is 0.355. The molecule has 1 saturated carbocycles. The molecule has 218 valence electrons. The first-order valence-corrected chi connectivity index (χ1v) is 15.9. The number of amides is 2. The van der Waals surface area contributed by atoms with Crippen LogP contribution in [0.3, 0.4) is 0 Å². The molecule has 3 aromatic carbocycles. The van der Waals surface area contributed by atoms with Crippen molar-refractivity contribution in [2.24, 2.45) is 0 Å². The summed E-state index contributed by atoms with van der Waals surface area (Å²) in [6, 6.07) is 20.3. The van der Waals surface area contributed by atoms with Crippen molar-refractivity contribution in [3.63, 3.8) is 0 Å². The summed E-state index contributed by atoms with van der Waals surface area (Å²) in [6.45, 7) is -0.531. The van der Waals surface area contributed by atoms with Crippen LogP contribution in [0.2, 0.25) is 5.02 Å². The number of rotatable bonds is 11. The molecule has 0 saturated heterocycles. The van der Waals surface area contributed by atoms with E-state index in [0.29, 0.717) is 10.6 Å². The summed E-state index contributed by atoms with van der Waals surface area (Å²) < 4.78 is 40.4. The third-order valence-corrected chi connectivity index (χ3v) is 8.68. The molecule has 0 unspecified atom stereocenters. The van der Waals surface area contributed by atoms with E-state index in [1.807, 2.05) is 30.3 Å². The molecule has 2 amide bonds. The second-order valence-corrected chi connectivity index (χ2v) is 12.8. The summed E-state index contributed by atoms with van der Waals surface area (Å²) in [7, 11) is -3.87. The minimum Gasteiger partial charge on any atom is -0.352 e. The number of halogens is 2. The van der Waals surface area contributed by atoms with Crippen LogP contribution in [0, 0.1) is 5.82 Å². The molecule has 0 spiro atoms. The van der Waals surface area contributed by atoms with Crippen molar-refractivity contribution in [2.45, 2.75) is 57.2 Å². The first-order chi connectivity index (χ1) is 19.6. The van der Waals surface area contributed by atoms with E-state index in [2.05, 4.69) is 5.32 Å². The third-order valence-electron chi connectivity index (χ3n) is 7.28. The Balaban J connectivity index is 1.71. The average molecular weight is 600 g/mol. The van der Waals surface area contributed by atoms with Crippen LogP contribution in [0.1, 0.15) is 43.2 Å². The smallest absolute Gasteiger partial charge is 0.244 e. The van der Waals surface area contributed by atoms with Gasteiger partial charge in [0.05, 0.1) is 11.9 Å². The van der Waals surface area contributed by atoms with E-state index in [1.165, 1.54) is 29.2 Å². The van der Waals surface area contributed by atoms with Crippen molar-refractivity contribution in [3.8, 4) is 0 Å². The van der Waals surface area contributed by atoms with Crippen molar-refractivity contribution in [2.75, 3.05) is 17.1 Å². The van der Waals surface area contributed by atoms with E-state index in [-0.39, 0.29) is 30.6 Å². The summed E-state index contributed by atoms with van der Waals surface area (Å²) in [6.07, 6.45) is 6.17. The average Bonchev–Trinajstić information content (AvgIpc) is 2.95. The molecule has 0 heterocycles. The van der Waals surface area contributed by atoms with Crippen molar-refractivity contribution < 1.29 is 22.4 Å². The molecule has 1 fully saturated rings. The molecular weight excluding hydrogens is 565 g/mol. The molecule has 41 heavy (non-hydrogen) atoms. The summed E-state index contributed by atoms with van der Waals surface area (Å²) in [5.41, 5.74) is 1.74. The summed E-state index contributed by atoms with van der Waals surface area (Å²) in [5.74, 6) is -1.28. The van der Waals surface area contributed by atoms with Gasteiger partial charge in [-0.15, -0.1) is 0 Å². The molecule has 1 aliphatic rings. The second kappa shape index (κ2) is 14.0. The van der Waals surface area contributed by atoms with Gasteiger partial charge < -0.3 is 10.2 Å². The monoisotopic (exact) mass is 599 g/mol. The van der Waals surface area contributed by atoms with Crippen LogP contribution in [-0.4, -0.2) is 50.0 Å². The van der Waals surface area contributed by atoms with Gasteiger partial charge in [-0.2, -0.15) is 0 Å². The molecule has 7 nitrogen and oxygen atoms in total. The van der Waals surface area contributed by atoms with Gasteiger partial charge >= 0.3 is 0 Å². The van der Waals surface area contributed by atoms with Gasteiger partial charge in [0.25, 0.3) is 0 Å². The van der Waals surface area contributed by atoms with Crippen LogP contribution in [0.5, 0.6) is 0 Å². The molecule has 3 aromatic rings. The number of nitrogens with one attached hydrogen (secondary N) is 1. The number of hydrogen-bond acceptors (Lipinski definition) is 4. The molecule has 0 radical (unpaired) electrons. The Bertz CT molecular complexity index is 1410. The molecule has 0 aliphatic heterocycles. The summed E-state index contributed by atoms with van der Waals surface area (Å²) in [4.78, 5) is 29.4. The van der Waals surface area contributed by atoms with E-state index in [0.717, 1.165) is 48.2 Å². The number of hydrogen-bond donors (Lipinski definition) is 1. The summed E-state index contributed by atoms with van der Waals surface area (Å²) >= 11 is 6.01. The van der Waals surface area contributed by atoms with E-state index < -0.39 is 34.3 Å². The number of sulfonamides is 1. The number of benzene rings is 3. The normalized spacial score (nSPS) is 14.7. The molecule has 10 heteroatoms. The van der Waals surface area contributed by atoms with Crippen LogP contribution in [-0.2, 0) is 32.6 Å². The van der Waals surface area contributed by atoms with E-state index in [9.17, 15) is 22.4 Å². The lowest BCUT2D eigenvalue weighted by atomic mass is 9.94. The van der Waals surface area contributed by atoms with Crippen molar-refractivity contribution in [3.05, 3.63) is 101 Å². The van der Waals surface area contributed by atoms with Gasteiger partial charge in [-0.3, -0.25) is 13.9 Å². The highest BCUT2D eigenvalue weighted by Crippen LogP contribution is 2.23. The maximum atomic E-state index is 14.1. The van der Waals surface area contributed by atoms with Gasteiger partial charge in [-0.25, -0.2) is 12.8 Å². The number of anilines is 1. The number of carbonyl (C=O) groups excluding carboxylic acids is 2. The fourth-order valence-corrected chi connectivity index (χ4v) is 6.08. The Kier molecular flexibility index (Phi) is 10.4. The first kappa shape index (κ1) is 30.5. The standard InChI is InChI=1S/C31H35ClFN3O4S/c1-41(39,40)36(28-18-14-25(32)15-19-28)22-30(37)35(21-24-12-16-26(33)17-13-24)29(20-23-8-4-2-5-9-23)31(38)34-27-10-6-3-7-11-27/h2,4-5,8-9,12-19,27,29H,3,6-7,10-11,20-22H2,1H3,(H,34,38)/t29-/m0/s1. The van der Waals surface area contributed by atoms with Gasteiger partial charge in [0, 0.05) is 24.0 Å². The van der Waals surface area contributed by atoms with Gasteiger partial charge in [-0.05, 0) is 60.4 Å². The molecule has 1 atom stereocenters. The third kappa shape index (κ3) is 8.78. The lowest BCUT2D eigenvalue weighted by Crippen LogP contribution is -2.55. The molecule has 1 N–H and O–H groups in total. The van der Waals surface area contributed by atoms with Crippen LogP contribution in [0.15, 0.2) is 78.9 Å². The van der Waals surface area contributed by atoms with E-state index in [1.54, 1.807) is 24.3 Å². The number of carbonyl (C=O) groups is 2. The van der Waals surface area contributed by atoms with Gasteiger partial charge in [0.1, 0.15) is 18.4 Å². The van der Waals surface area contributed by atoms with Gasteiger partial charge in [0.2, 0.25) is 21.8 Å². The Morgan fingerprint density at radius 2 is 1.56 bits per heavy atom. The van der Waals surface area contributed by atoms with Crippen molar-refractivity contribution >= 4 is 39.1 Å². The second-order valence-electron chi connectivity index (χ2n) is 10.4. The molecule has 0 bridgehead atoms. The minimum absolute atomic E-state index is 0.00702. The molecule has 1 aliphatic carbocycles. The Labute approximate surface area is 246 Å². The fourth-order valence-electron chi connectivity index (χ4n) is 5.11. The predicted octanol–water partition coefficient (Wildman–Crippen LogP) is 5.33. The highest BCUT2D eigenvalue weighted by molar-refractivity contribution is 7.92. The Hall–Kier alpha value is -3.43. The Morgan fingerprint density at radius 3 is 2.17 bits per heavy atom. The van der Waals surface area contributed by atoms with Crippen molar-refractivity contribution in [1.29, 1.82) is 0 Å². The topological polar surface area (TPSA) is 86.8 Å². The Morgan fingerprint density at radius 1 is 0.927 bits per heavy atom. The zero-order valence-electron chi connectivity index (χ0n) is 23.0. The molecule has 0 aromatic heterocycles. The lowest BCUT2D eigenvalue weighted by Gasteiger charge is -2.35. The van der Waals surface area contributed by atoms with Gasteiger partial charge in [-0.1, -0.05) is 73.3 Å². The van der Waals surface area contributed by atoms with Crippen LogP contribution in [0.4, 0.5) is 10.1 Å². The maximum Gasteiger partial charge on any atom is 0.244 e. The van der Waals surface area contributed by atoms with Crippen molar-refractivity contribution in [1.82, 2.24) is 10.2 Å². The van der Waals surface area contributed by atoms with E-state index in [4.69, 9.17) is 11.6 Å². The summed E-state index contributed by atoms with van der Waals surface area (Å²) in [5, 5.41) is 3.58. The highest BCUT2D eigenvalue weighted by Gasteiger charge is 2.34. The maximum absolute atomic E-state index is 14.1. The SMILES string of the molecule is CS(=O)(=O)N(CC(=O)N(Cc1ccc(F)cc1)[C@@H](Cc1ccccc1)C(=O)NC1CCCCC1)c1ccc(Cl)cc1. The van der Waals surface area contributed by atoms with Crippen LogP contribution >= 0.6 is 11.6 Å². The lowest BCUT2D eigenvalue weighted by molar-refractivity contribution is -0.140. The van der Waals surface area contributed by atoms with Gasteiger partial charge in [0.15, 0.2) is 0 Å². The number of nitrogens with zero attached hydrogens (tertiary/aromatic N) is 2. The zero-order chi connectivity index (χ0) is 29.4. The first-order valence-electron chi connectivity index (χ1n) is 13.7.